The van der Waals surface area contributed by atoms with E-state index < -0.39 is 17.3 Å². The van der Waals surface area contributed by atoms with Crippen molar-refractivity contribution in [3.8, 4) is 5.69 Å². The van der Waals surface area contributed by atoms with Crippen LogP contribution >= 0.6 is 0 Å². The van der Waals surface area contributed by atoms with Crippen molar-refractivity contribution in [3.05, 3.63) is 138 Å². The van der Waals surface area contributed by atoms with Gasteiger partial charge in [-0.15, -0.1) is 0 Å². The number of fused-ring (bicyclic) bond motifs is 2. The lowest BCUT2D eigenvalue weighted by Gasteiger charge is -2.36. The number of nitrogens with one attached hydrogen (secondary N) is 1. The van der Waals surface area contributed by atoms with Crippen LogP contribution in [0.4, 0.5) is 15.1 Å². The maximum absolute atomic E-state index is 15.3. The highest BCUT2D eigenvalue weighted by Crippen LogP contribution is 2.56. The summed E-state index contributed by atoms with van der Waals surface area (Å²) in [6.07, 6.45) is 2.65. The molecule has 1 aliphatic carbocycles. The SMILES string of the molecule is Cc1cc(-n2c(N3CCN([C@H](C)c4ccccc4)C3=O)nc3c(c2=O)CCN(C(=O)c2cc4cc(C5CCOCC5)ccc4n2[C@@]2(c4noc(=O)[nH]4)C[C@@H]2C)[C@@H]3C)cc(C)c1F.[HH]. The average molecular weight is 843 g/mol. The minimum absolute atomic E-state index is 0. The third-order valence-electron chi connectivity index (χ3n) is 13.9. The molecule has 0 unspecified atom stereocenters. The van der Waals surface area contributed by atoms with Crippen LogP contribution in [-0.2, 0) is 16.7 Å². The predicted octanol–water partition coefficient (Wildman–Crippen LogP) is 7.31. The molecular weight excluding hydrogens is 792 g/mol. The Balaban J connectivity index is 0.00000504. The normalized spacial score (nSPS) is 22.1. The van der Waals surface area contributed by atoms with Crippen LogP contribution in [0.5, 0.6) is 0 Å². The van der Waals surface area contributed by atoms with E-state index in [1.807, 2.05) is 54.8 Å². The summed E-state index contributed by atoms with van der Waals surface area (Å²) in [5, 5.41) is 5.04. The number of urea groups is 1. The molecule has 4 atom stereocenters. The Bertz CT molecular complexity index is 2880. The number of ether oxygens (including phenoxy) is 1. The molecule has 3 fully saturated rings. The Labute approximate surface area is 358 Å². The number of hydrogen-bond acceptors (Lipinski definition) is 8. The number of hydrogen-bond donors (Lipinski definition) is 1. The molecule has 0 radical (unpaired) electrons. The fraction of sp³-hybridized carbons (Fsp3) is 0.404. The number of benzene rings is 3. The van der Waals surface area contributed by atoms with Gasteiger partial charge in [0.05, 0.1) is 23.5 Å². The number of halogens is 1. The highest BCUT2D eigenvalue weighted by molar-refractivity contribution is 6.00. The second-order valence-electron chi connectivity index (χ2n) is 17.5. The fourth-order valence-corrected chi connectivity index (χ4v) is 10.3. The predicted molar refractivity (Wildman–Crippen MR) is 232 cm³/mol. The fourth-order valence-electron chi connectivity index (χ4n) is 10.3. The molecule has 3 aromatic carbocycles. The first-order valence-electron chi connectivity index (χ1n) is 21.5. The van der Waals surface area contributed by atoms with Crippen LogP contribution in [0.25, 0.3) is 16.6 Å². The van der Waals surface area contributed by atoms with Crippen molar-refractivity contribution >= 4 is 28.8 Å². The van der Waals surface area contributed by atoms with Crippen LogP contribution in [0, 0.1) is 25.6 Å². The minimum Gasteiger partial charge on any atom is -0.381 e. The largest absolute Gasteiger partial charge is 0.438 e. The van der Waals surface area contributed by atoms with Crippen molar-refractivity contribution in [2.75, 3.05) is 37.7 Å². The van der Waals surface area contributed by atoms with E-state index in [4.69, 9.17) is 14.2 Å². The number of anilines is 1. The first-order valence-corrected chi connectivity index (χ1v) is 21.5. The summed E-state index contributed by atoms with van der Waals surface area (Å²) in [7, 11) is 0. The second kappa shape index (κ2) is 14.9. The maximum atomic E-state index is 15.3. The Kier molecular flexibility index (Phi) is 9.57. The van der Waals surface area contributed by atoms with Gasteiger partial charge in [-0.05, 0) is 118 Å². The van der Waals surface area contributed by atoms with Gasteiger partial charge in [-0.25, -0.2) is 23.5 Å². The van der Waals surface area contributed by atoms with Crippen LogP contribution in [0.2, 0.25) is 0 Å². The van der Waals surface area contributed by atoms with E-state index in [0.29, 0.717) is 71.7 Å². The van der Waals surface area contributed by atoms with E-state index in [1.54, 1.807) is 35.8 Å². The summed E-state index contributed by atoms with van der Waals surface area (Å²) < 4.78 is 29.1. The topological polar surface area (TPSA) is 152 Å². The number of rotatable bonds is 8. The molecule has 15 heteroatoms. The number of aromatic nitrogens is 5. The monoisotopic (exact) mass is 842 g/mol. The zero-order valence-electron chi connectivity index (χ0n) is 35.5. The van der Waals surface area contributed by atoms with Gasteiger partial charge >= 0.3 is 11.8 Å². The number of H-pyrrole nitrogens is 1. The molecule has 3 aromatic heterocycles. The Hall–Kier alpha value is -6.35. The van der Waals surface area contributed by atoms with Gasteiger partial charge < -0.3 is 19.1 Å². The van der Waals surface area contributed by atoms with Crippen molar-refractivity contribution in [1.82, 2.24) is 34.1 Å². The summed E-state index contributed by atoms with van der Waals surface area (Å²) in [5.41, 5.74) is 4.16. The molecule has 4 aliphatic rings. The number of aryl methyl sites for hydroxylation is 2. The van der Waals surface area contributed by atoms with Crippen molar-refractivity contribution in [3.63, 3.8) is 0 Å². The van der Waals surface area contributed by atoms with Crippen molar-refractivity contribution in [2.24, 2.45) is 5.92 Å². The number of carbonyl (C=O) groups excluding carboxylic acids is 2. The smallest absolute Gasteiger partial charge is 0.381 e. The van der Waals surface area contributed by atoms with Crippen molar-refractivity contribution < 1.29 is 24.7 Å². The molecule has 6 heterocycles. The molecule has 2 saturated heterocycles. The Morgan fingerprint density at radius 1 is 0.968 bits per heavy atom. The van der Waals surface area contributed by atoms with Crippen molar-refractivity contribution in [2.45, 2.75) is 83.8 Å². The lowest BCUT2D eigenvalue weighted by Crippen LogP contribution is -2.45. The van der Waals surface area contributed by atoms with Crippen molar-refractivity contribution in [1.29, 1.82) is 0 Å². The standard InChI is InChI=1S/C47H49FN8O6.H2/c1-26-21-35(22-27(2)39(26)48)55-41(57)36-13-16-52(30(5)40(36)49-44(55)54-18-17-53(46(54)60)29(4)31-9-7-6-8-10-31)42(58)38-24-34-23-33(32-14-19-61-20-15-32)11-12-37(34)56(38)47(25-28(47)3)43-50-45(59)62-51-43;/h6-12,21-24,28-30,32H,13-20,25H2,1-5H3,(H,50,51,59);1H/t28-,29+,30+,47-;/m0./s1. The number of amides is 3. The van der Waals surface area contributed by atoms with E-state index >= 15 is 9.18 Å². The molecule has 0 spiro atoms. The summed E-state index contributed by atoms with van der Waals surface area (Å²) in [5.74, 6) is -0.486. The highest BCUT2D eigenvalue weighted by atomic mass is 19.1. The van der Waals surface area contributed by atoms with E-state index in [9.17, 15) is 14.4 Å². The number of carbonyl (C=O) groups is 2. The molecule has 10 rings (SSSR count). The Morgan fingerprint density at radius 2 is 1.69 bits per heavy atom. The van der Waals surface area contributed by atoms with Gasteiger partial charge in [0.2, 0.25) is 5.95 Å². The highest BCUT2D eigenvalue weighted by Gasteiger charge is 2.59. The first-order chi connectivity index (χ1) is 29.9. The number of aromatic amines is 1. The van der Waals surface area contributed by atoms with Crippen LogP contribution in [0.1, 0.15) is 109 Å². The summed E-state index contributed by atoms with van der Waals surface area (Å²) >= 11 is 0. The van der Waals surface area contributed by atoms with E-state index in [-0.39, 0.29) is 62.2 Å². The molecule has 6 aromatic rings. The van der Waals surface area contributed by atoms with Gasteiger partial charge in [0.1, 0.15) is 17.1 Å². The molecule has 1 saturated carbocycles. The number of nitrogens with zero attached hydrogens (tertiary/aromatic N) is 7. The minimum atomic E-state index is -0.834. The van der Waals surface area contributed by atoms with Crippen LogP contribution in [0.15, 0.2) is 80.8 Å². The third kappa shape index (κ3) is 6.22. The van der Waals surface area contributed by atoms with Gasteiger partial charge in [-0.3, -0.25) is 24.0 Å². The Morgan fingerprint density at radius 3 is 2.37 bits per heavy atom. The molecule has 62 heavy (non-hydrogen) atoms. The van der Waals surface area contributed by atoms with Gasteiger partial charge in [0, 0.05) is 50.7 Å². The van der Waals surface area contributed by atoms with E-state index in [1.165, 1.54) is 15.0 Å². The molecule has 322 valence electrons. The van der Waals surface area contributed by atoms with Gasteiger partial charge in [0.25, 0.3) is 11.5 Å². The quantitative estimate of drug-likeness (QED) is 0.168. The van der Waals surface area contributed by atoms with Crippen LogP contribution in [0.3, 0.4) is 0 Å². The lowest BCUT2D eigenvalue weighted by atomic mass is 9.91. The third-order valence-corrected chi connectivity index (χ3v) is 13.9. The molecule has 0 bridgehead atoms. The zero-order chi connectivity index (χ0) is 43.2. The molecular formula is C47H51FN8O6. The van der Waals surface area contributed by atoms with Gasteiger partial charge in [0.15, 0.2) is 5.82 Å². The maximum Gasteiger partial charge on any atom is 0.438 e. The van der Waals surface area contributed by atoms with Gasteiger partial charge in [-0.1, -0.05) is 48.5 Å². The first kappa shape index (κ1) is 39.8. The summed E-state index contributed by atoms with van der Waals surface area (Å²) in [6.45, 7) is 11.5. The second-order valence-corrected chi connectivity index (χ2v) is 17.5. The lowest BCUT2D eigenvalue weighted by molar-refractivity contribution is 0.0658. The van der Waals surface area contributed by atoms with Gasteiger partial charge in [-0.2, -0.15) is 0 Å². The molecule has 1 N–H and O–H groups in total. The van der Waals surface area contributed by atoms with E-state index in [2.05, 4.69) is 35.3 Å². The molecule has 3 aliphatic heterocycles. The van der Waals surface area contributed by atoms with Crippen LogP contribution < -0.4 is 16.2 Å². The van der Waals surface area contributed by atoms with E-state index in [0.717, 1.165) is 29.3 Å². The molecule has 14 nitrogen and oxygen atoms in total. The summed E-state index contributed by atoms with van der Waals surface area (Å²) in [4.78, 5) is 70.0. The van der Waals surface area contributed by atoms with Crippen LogP contribution in [-0.4, -0.2) is 78.8 Å². The zero-order valence-corrected chi connectivity index (χ0v) is 35.5. The summed E-state index contributed by atoms with van der Waals surface area (Å²) in [6, 6.07) is 20.0. The molecule has 3 amide bonds. The average Bonchev–Trinajstić information content (AvgIpc) is 3.60.